The van der Waals surface area contributed by atoms with Crippen LogP contribution in [0.3, 0.4) is 0 Å². The van der Waals surface area contributed by atoms with Gasteiger partial charge in [0.15, 0.2) is 6.61 Å². The number of rotatable bonds is 5. The molecular formula is C20H20Cl2N2O4. The van der Waals surface area contributed by atoms with E-state index in [1.165, 1.54) is 0 Å². The van der Waals surface area contributed by atoms with Crippen molar-refractivity contribution in [2.75, 3.05) is 39.9 Å². The van der Waals surface area contributed by atoms with Crippen molar-refractivity contribution >= 4 is 35.0 Å². The molecule has 0 spiro atoms. The van der Waals surface area contributed by atoms with Crippen molar-refractivity contribution in [3.05, 3.63) is 58.1 Å². The van der Waals surface area contributed by atoms with Gasteiger partial charge in [0.25, 0.3) is 11.8 Å². The van der Waals surface area contributed by atoms with Crippen LogP contribution in [-0.4, -0.2) is 61.5 Å². The van der Waals surface area contributed by atoms with Crippen molar-refractivity contribution < 1.29 is 19.1 Å². The third-order valence-electron chi connectivity index (χ3n) is 4.50. The number of hydrogen-bond acceptors (Lipinski definition) is 4. The Morgan fingerprint density at radius 3 is 2.25 bits per heavy atom. The summed E-state index contributed by atoms with van der Waals surface area (Å²) < 4.78 is 10.6. The fraction of sp³-hybridized carbons (Fsp3) is 0.300. The molecule has 1 saturated heterocycles. The van der Waals surface area contributed by atoms with Crippen LogP contribution in [0.1, 0.15) is 10.4 Å². The number of carbonyl (C=O) groups is 2. The maximum absolute atomic E-state index is 12.6. The molecule has 8 heteroatoms. The minimum absolute atomic E-state index is 0.0586. The first-order valence-corrected chi connectivity index (χ1v) is 9.52. The van der Waals surface area contributed by atoms with Crippen LogP contribution in [0.15, 0.2) is 42.5 Å². The minimum atomic E-state index is -0.160. The normalized spacial score (nSPS) is 14.0. The van der Waals surface area contributed by atoms with Crippen LogP contribution in [0.4, 0.5) is 0 Å². The van der Waals surface area contributed by atoms with E-state index in [4.69, 9.17) is 32.7 Å². The predicted octanol–water partition coefficient (Wildman–Crippen LogP) is 3.37. The molecule has 3 rings (SSSR count). The average Bonchev–Trinajstić information content (AvgIpc) is 2.73. The molecule has 2 amide bonds. The van der Waals surface area contributed by atoms with Crippen LogP contribution in [0.2, 0.25) is 10.0 Å². The van der Waals surface area contributed by atoms with E-state index in [2.05, 4.69) is 0 Å². The molecule has 1 aliphatic heterocycles. The Hall–Kier alpha value is -2.44. The molecule has 0 N–H and O–H groups in total. The van der Waals surface area contributed by atoms with Gasteiger partial charge in [-0.15, -0.1) is 0 Å². The van der Waals surface area contributed by atoms with Crippen molar-refractivity contribution in [1.29, 1.82) is 0 Å². The Morgan fingerprint density at radius 2 is 1.61 bits per heavy atom. The third-order valence-corrected chi connectivity index (χ3v) is 5.05. The molecule has 148 valence electrons. The SMILES string of the molecule is COc1ccc(C(=O)N2CCN(C(=O)COc3cc(Cl)ccc3Cl)CC2)cc1. The second kappa shape index (κ2) is 9.17. The molecule has 0 unspecified atom stereocenters. The van der Waals surface area contributed by atoms with Gasteiger partial charge < -0.3 is 19.3 Å². The molecule has 6 nitrogen and oxygen atoms in total. The number of carbonyl (C=O) groups excluding carboxylic acids is 2. The van der Waals surface area contributed by atoms with Crippen molar-refractivity contribution in [3.63, 3.8) is 0 Å². The number of methoxy groups -OCH3 is 1. The van der Waals surface area contributed by atoms with Crippen molar-refractivity contribution in [1.82, 2.24) is 9.80 Å². The molecular weight excluding hydrogens is 403 g/mol. The topological polar surface area (TPSA) is 59.1 Å². The summed E-state index contributed by atoms with van der Waals surface area (Å²) in [4.78, 5) is 28.4. The lowest BCUT2D eigenvalue weighted by Gasteiger charge is -2.34. The third kappa shape index (κ3) is 4.88. The first-order chi connectivity index (χ1) is 13.5. The summed E-state index contributed by atoms with van der Waals surface area (Å²) >= 11 is 12.0. The summed E-state index contributed by atoms with van der Waals surface area (Å²) in [6.07, 6.45) is 0. The van der Waals surface area contributed by atoms with Gasteiger partial charge in [0, 0.05) is 42.8 Å². The summed E-state index contributed by atoms with van der Waals surface area (Å²) in [5, 5.41) is 0.879. The number of amides is 2. The Balaban J connectivity index is 1.50. The van der Waals surface area contributed by atoms with Crippen molar-refractivity contribution in [2.45, 2.75) is 0 Å². The lowest BCUT2D eigenvalue weighted by molar-refractivity contribution is -0.134. The first kappa shape index (κ1) is 20.3. The summed E-state index contributed by atoms with van der Waals surface area (Å²) in [7, 11) is 1.58. The summed E-state index contributed by atoms with van der Waals surface area (Å²) in [5.74, 6) is 0.854. The maximum Gasteiger partial charge on any atom is 0.260 e. The van der Waals surface area contributed by atoms with Gasteiger partial charge >= 0.3 is 0 Å². The van der Waals surface area contributed by atoms with E-state index in [-0.39, 0.29) is 18.4 Å². The number of halogens is 2. The van der Waals surface area contributed by atoms with Crippen LogP contribution < -0.4 is 9.47 Å². The molecule has 2 aromatic carbocycles. The molecule has 0 atom stereocenters. The fourth-order valence-electron chi connectivity index (χ4n) is 2.89. The van der Waals surface area contributed by atoms with Crippen molar-refractivity contribution in [2.24, 2.45) is 0 Å². The summed E-state index contributed by atoms with van der Waals surface area (Å²) in [6, 6.07) is 11.8. The Morgan fingerprint density at radius 1 is 0.964 bits per heavy atom. The fourth-order valence-corrected chi connectivity index (χ4v) is 3.23. The number of piperazine rings is 1. The molecule has 0 radical (unpaired) electrons. The molecule has 0 bridgehead atoms. The van der Waals surface area contributed by atoms with Gasteiger partial charge in [0.1, 0.15) is 11.5 Å². The highest BCUT2D eigenvalue weighted by molar-refractivity contribution is 6.34. The van der Waals surface area contributed by atoms with Gasteiger partial charge in [-0.2, -0.15) is 0 Å². The lowest BCUT2D eigenvalue weighted by Crippen LogP contribution is -2.51. The van der Waals surface area contributed by atoms with E-state index in [0.717, 1.165) is 0 Å². The van der Waals surface area contributed by atoms with Gasteiger partial charge in [-0.3, -0.25) is 9.59 Å². The molecule has 0 saturated carbocycles. The smallest absolute Gasteiger partial charge is 0.260 e. The van der Waals surface area contributed by atoms with Gasteiger partial charge in [0.2, 0.25) is 0 Å². The molecule has 0 aromatic heterocycles. The van der Waals surface area contributed by atoms with E-state index in [9.17, 15) is 9.59 Å². The zero-order valence-corrected chi connectivity index (χ0v) is 16.9. The van der Waals surface area contributed by atoms with Crippen molar-refractivity contribution in [3.8, 4) is 11.5 Å². The molecule has 1 aliphatic rings. The van der Waals surface area contributed by atoms with Crippen LogP contribution in [0, 0.1) is 0 Å². The number of ether oxygens (including phenoxy) is 2. The van der Waals surface area contributed by atoms with Crippen LogP contribution in [0.5, 0.6) is 11.5 Å². The summed E-state index contributed by atoms with van der Waals surface area (Å²) in [5.41, 5.74) is 0.597. The Labute approximate surface area is 173 Å². The Kier molecular flexibility index (Phi) is 6.65. The largest absolute Gasteiger partial charge is 0.497 e. The number of nitrogens with zero attached hydrogens (tertiary/aromatic N) is 2. The van der Waals surface area contributed by atoms with Gasteiger partial charge in [0.05, 0.1) is 12.1 Å². The number of hydrogen-bond donors (Lipinski definition) is 0. The molecule has 1 heterocycles. The highest BCUT2D eigenvalue weighted by Gasteiger charge is 2.25. The minimum Gasteiger partial charge on any atom is -0.497 e. The second-order valence-corrected chi connectivity index (χ2v) is 7.11. The lowest BCUT2D eigenvalue weighted by atomic mass is 10.1. The Bertz CT molecular complexity index is 850. The zero-order chi connectivity index (χ0) is 20.1. The van der Waals surface area contributed by atoms with Gasteiger partial charge in [-0.1, -0.05) is 23.2 Å². The van der Waals surface area contributed by atoms with E-state index >= 15 is 0 Å². The van der Waals surface area contributed by atoms with Gasteiger partial charge in [-0.05, 0) is 36.4 Å². The highest BCUT2D eigenvalue weighted by atomic mass is 35.5. The quantitative estimate of drug-likeness (QED) is 0.740. The van der Waals surface area contributed by atoms with Crippen LogP contribution >= 0.6 is 23.2 Å². The second-order valence-electron chi connectivity index (χ2n) is 6.26. The van der Waals surface area contributed by atoms with E-state index in [0.29, 0.717) is 53.3 Å². The molecule has 2 aromatic rings. The standard InChI is InChI=1S/C20H20Cl2N2O4/c1-27-16-5-2-14(3-6-16)20(26)24-10-8-23(9-11-24)19(25)13-28-18-12-15(21)4-7-17(18)22/h2-7,12H,8-11,13H2,1H3. The average molecular weight is 423 g/mol. The molecule has 28 heavy (non-hydrogen) atoms. The molecule has 0 aliphatic carbocycles. The van der Waals surface area contributed by atoms with E-state index in [1.54, 1.807) is 59.4 Å². The number of benzene rings is 2. The highest BCUT2D eigenvalue weighted by Crippen LogP contribution is 2.27. The van der Waals surface area contributed by atoms with E-state index < -0.39 is 0 Å². The zero-order valence-electron chi connectivity index (χ0n) is 15.4. The monoisotopic (exact) mass is 422 g/mol. The van der Waals surface area contributed by atoms with E-state index in [1.807, 2.05) is 0 Å². The molecule has 1 fully saturated rings. The maximum atomic E-state index is 12.6. The predicted molar refractivity (Wildman–Crippen MR) is 107 cm³/mol. The first-order valence-electron chi connectivity index (χ1n) is 8.77. The van der Waals surface area contributed by atoms with Crippen LogP contribution in [-0.2, 0) is 4.79 Å². The van der Waals surface area contributed by atoms with Gasteiger partial charge in [-0.25, -0.2) is 0 Å². The summed E-state index contributed by atoms with van der Waals surface area (Å²) in [6.45, 7) is 1.70. The van der Waals surface area contributed by atoms with Crippen LogP contribution in [0.25, 0.3) is 0 Å².